The Morgan fingerprint density at radius 1 is 1.39 bits per heavy atom. The van der Waals surface area contributed by atoms with Crippen molar-refractivity contribution >= 4 is 17.7 Å². The third-order valence-corrected chi connectivity index (χ3v) is 2.96. The number of likely N-dealkylation sites (tertiary alicyclic amines) is 1. The van der Waals surface area contributed by atoms with Crippen LogP contribution in [0.15, 0.2) is 0 Å². The fourth-order valence-electron chi connectivity index (χ4n) is 2.01. The highest BCUT2D eigenvalue weighted by Crippen LogP contribution is 2.21. The van der Waals surface area contributed by atoms with Crippen molar-refractivity contribution in [3.63, 3.8) is 0 Å². The van der Waals surface area contributed by atoms with E-state index in [4.69, 9.17) is 0 Å². The molecular formula is C12H21N3O3. The molecule has 0 radical (unpaired) electrons. The molecule has 6 heteroatoms. The number of likely N-dealkylation sites (N-methyl/N-ethyl adjacent to an activating group) is 2. The van der Waals surface area contributed by atoms with Gasteiger partial charge in [-0.3, -0.25) is 19.3 Å². The van der Waals surface area contributed by atoms with Gasteiger partial charge in [0.2, 0.25) is 17.7 Å². The largest absolute Gasteiger partial charge is 0.355 e. The third-order valence-electron chi connectivity index (χ3n) is 2.96. The maximum Gasteiger partial charge on any atom is 0.244 e. The molecule has 2 unspecified atom stereocenters. The van der Waals surface area contributed by atoms with Gasteiger partial charge in [0.1, 0.15) is 6.04 Å². The molecule has 1 heterocycles. The van der Waals surface area contributed by atoms with Gasteiger partial charge in [0.25, 0.3) is 0 Å². The number of hydrogen-bond acceptors (Lipinski definition) is 4. The van der Waals surface area contributed by atoms with E-state index >= 15 is 0 Å². The van der Waals surface area contributed by atoms with E-state index in [1.54, 1.807) is 13.8 Å². The van der Waals surface area contributed by atoms with Crippen LogP contribution in [-0.2, 0) is 14.4 Å². The van der Waals surface area contributed by atoms with Crippen molar-refractivity contribution in [2.75, 3.05) is 19.6 Å². The van der Waals surface area contributed by atoms with Crippen LogP contribution in [0.3, 0.4) is 0 Å². The monoisotopic (exact) mass is 255 g/mol. The Bertz CT molecular complexity index is 343. The second kappa shape index (κ2) is 6.49. The topological polar surface area (TPSA) is 78.5 Å². The highest BCUT2D eigenvalue weighted by Gasteiger charge is 2.42. The summed E-state index contributed by atoms with van der Waals surface area (Å²) in [7, 11) is 0. The first-order valence-electron chi connectivity index (χ1n) is 6.37. The van der Waals surface area contributed by atoms with Crippen molar-refractivity contribution in [3.8, 4) is 0 Å². The molecule has 3 amide bonds. The van der Waals surface area contributed by atoms with Gasteiger partial charge in [-0.25, -0.2) is 0 Å². The average Bonchev–Trinajstić information content (AvgIpc) is 2.56. The van der Waals surface area contributed by atoms with Crippen LogP contribution < -0.4 is 10.6 Å². The molecular weight excluding hydrogens is 234 g/mol. The SMILES string of the molecule is CCNCC(C(=O)NCC)N1C(=O)CC(C)C1=O. The molecule has 0 spiro atoms. The summed E-state index contributed by atoms with van der Waals surface area (Å²) in [6.45, 7) is 6.88. The van der Waals surface area contributed by atoms with Gasteiger partial charge >= 0.3 is 0 Å². The highest BCUT2D eigenvalue weighted by molar-refractivity contribution is 6.06. The number of amides is 3. The Labute approximate surface area is 107 Å². The molecule has 1 saturated heterocycles. The predicted molar refractivity (Wildman–Crippen MR) is 66.6 cm³/mol. The van der Waals surface area contributed by atoms with E-state index in [9.17, 15) is 14.4 Å². The average molecular weight is 255 g/mol. The standard InChI is InChI=1S/C12H21N3O3/c1-4-13-7-9(11(17)14-5-2)15-10(16)6-8(3)12(15)18/h8-9,13H,4-7H2,1-3H3,(H,14,17). The van der Waals surface area contributed by atoms with E-state index in [-0.39, 0.29) is 30.1 Å². The van der Waals surface area contributed by atoms with Crippen molar-refractivity contribution in [3.05, 3.63) is 0 Å². The first-order chi connectivity index (χ1) is 8.52. The number of carbonyl (C=O) groups excluding carboxylic acids is 3. The number of carbonyl (C=O) groups is 3. The van der Waals surface area contributed by atoms with Gasteiger partial charge in [0, 0.05) is 25.4 Å². The van der Waals surface area contributed by atoms with E-state index in [0.29, 0.717) is 19.6 Å². The van der Waals surface area contributed by atoms with E-state index in [0.717, 1.165) is 4.90 Å². The third kappa shape index (κ3) is 3.07. The molecule has 0 aromatic rings. The maximum atomic E-state index is 11.9. The van der Waals surface area contributed by atoms with Crippen LogP contribution in [0.5, 0.6) is 0 Å². The summed E-state index contributed by atoms with van der Waals surface area (Å²) in [4.78, 5) is 36.8. The lowest BCUT2D eigenvalue weighted by molar-refractivity contribution is -0.147. The van der Waals surface area contributed by atoms with Crippen LogP contribution in [0.4, 0.5) is 0 Å². The lowest BCUT2D eigenvalue weighted by atomic mass is 10.1. The minimum Gasteiger partial charge on any atom is -0.355 e. The quantitative estimate of drug-likeness (QED) is 0.627. The van der Waals surface area contributed by atoms with Crippen LogP contribution in [0.1, 0.15) is 27.2 Å². The molecule has 0 aliphatic carbocycles. The predicted octanol–water partition coefficient (Wildman–Crippen LogP) is -0.504. The van der Waals surface area contributed by atoms with Crippen LogP contribution in [0, 0.1) is 5.92 Å². The highest BCUT2D eigenvalue weighted by atomic mass is 16.2. The van der Waals surface area contributed by atoms with Gasteiger partial charge in [-0.2, -0.15) is 0 Å². The Morgan fingerprint density at radius 3 is 2.50 bits per heavy atom. The number of nitrogens with one attached hydrogen (secondary N) is 2. The fourth-order valence-corrected chi connectivity index (χ4v) is 2.01. The molecule has 1 aliphatic heterocycles. The lowest BCUT2D eigenvalue weighted by Gasteiger charge is -2.25. The Morgan fingerprint density at radius 2 is 2.06 bits per heavy atom. The molecule has 2 atom stereocenters. The molecule has 0 bridgehead atoms. The minimum atomic E-state index is -0.741. The first kappa shape index (κ1) is 14.6. The molecule has 0 aromatic heterocycles. The van der Waals surface area contributed by atoms with Gasteiger partial charge in [-0.15, -0.1) is 0 Å². The van der Waals surface area contributed by atoms with Gasteiger partial charge in [-0.05, 0) is 13.5 Å². The minimum absolute atomic E-state index is 0.195. The summed E-state index contributed by atoms with van der Waals surface area (Å²) in [5, 5.41) is 5.68. The Kier molecular flexibility index (Phi) is 5.27. The Balaban J connectivity index is 2.84. The summed E-state index contributed by atoms with van der Waals surface area (Å²) in [5.74, 6) is -1.12. The number of nitrogens with zero attached hydrogens (tertiary/aromatic N) is 1. The van der Waals surface area contributed by atoms with Gasteiger partial charge in [0.05, 0.1) is 0 Å². The fraction of sp³-hybridized carbons (Fsp3) is 0.750. The van der Waals surface area contributed by atoms with Crippen molar-refractivity contribution in [1.29, 1.82) is 0 Å². The van der Waals surface area contributed by atoms with Crippen molar-refractivity contribution in [1.82, 2.24) is 15.5 Å². The summed E-state index contributed by atoms with van der Waals surface area (Å²) >= 11 is 0. The van der Waals surface area contributed by atoms with Crippen molar-refractivity contribution < 1.29 is 14.4 Å². The molecule has 2 N–H and O–H groups in total. The zero-order chi connectivity index (χ0) is 13.7. The van der Waals surface area contributed by atoms with E-state index in [1.807, 2.05) is 6.92 Å². The van der Waals surface area contributed by atoms with E-state index < -0.39 is 6.04 Å². The second-order valence-corrected chi connectivity index (χ2v) is 4.43. The lowest BCUT2D eigenvalue weighted by Crippen LogP contribution is -2.54. The summed E-state index contributed by atoms with van der Waals surface area (Å²) < 4.78 is 0. The van der Waals surface area contributed by atoms with E-state index in [2.05, 4.69) is 10.6 Å². The second-order valence-electron chi connectivity index (χ2n) is 4.43. The van der Waals surface area contributed by atoms with Crippen LogP contribution in [-0.4, -0.2) is 48.3 Å². The van der Waals surface area contributed by atoms with Crippen LogP contribution in [0.2, 0.25) is 0 Å². The maximum absolute atomic E-state index is 11.9. The molecule has 18 heavy (non-hydrogen) atoms. The summed E-state index contributed by atoms with van der Waals surface area (Å²) in [6.07, 6.45) is 0.195. The molecule has 1 aliphatic rings. The van der Waals surface area contributed by atoms with Crippen molar-refractivity contribution in [2.45, 2.75) is 33.2 Å². The zero-order valence-corrected chi connectivity index (χ0v) is 11.2. The smallest absolute Gasteiger partial charge is 0.244 e. The first-order valence-corrected chi connectivity index (χ1v) is 6.37. The number of imide groups is 1. The molecule has 1 fully saturated rings. The van der Waals surface area contributed by atoms with E-state index in [1.165, 1.54) is 0 Å². The van der Waals surface area contributed by atoms with Gasteiger partial charge in [-0.1, -0.05) is 13.8 Å². The summed E-state index contributed by atoms with van der Waals surface area (Å²) in [5.41, 5.74) is 0. The van der Waals surface area contributed by atoms with Gasteiger partial charge < -0.3 is 10.6 Å². The zero-order valence-electron chi connectivity index (χ0n) is 11.2. The Hall–Kier alpha value is -1.43. The van der Waals surface area contributed by atoms with Crippen LogP contribution in [0.25, 0.3) is 0 Å². The molecule has 102 valence electrons. The van der Waals surface area contributed by atoms with Crippen molar-refractivity contribution in [2.24, 2.45) is 5.92 Å². The molecule has 1 rings (SSSR count). The number of hydrogen-bond donors (Lipinski definition) is 2. The van der Waals surface area contributed by atoms with Gasteiger partial charge in [0.15, 0.2) is 0 Å². The molecule has 0 saturated carbocycles. The molecule has 6 nitrogen and oxygen atoms in total. The molecule has 0 aromatic carbocycles. The summed E-state index contributed by atoms with van der Waals surface area (Å²) in [6, 6.07) is -0.741. The number of rotatable bonds is 6. The normalized spacial score (nSPS) is 21.3. The van der Waals surface area contributed by atoms with Crippen LogP contribution >= 0.6 is 0 Å².